The highest BCUT2D eigenvalue weighted by Crippen LogP contribution is 2.31. The predicted octanol–water partition coefficient (Wildman–Crippen LogP) is 3.68. The Morgan fingerprint density at radius 2 is 2.00 bits per heavy atom. The summed E-state index contributed by atoms with van der Waals surface area (Å²) in [5.74, 6) is 0.218. The van der Waals surface area contributed by atoms with Crippen LogP contribution in [0.25, 0.3) is 0 Å². The first-order chi connectivity index (χ1) is 11.5. The van der Waals surface area contributed by atoms with Crippen LogP contribution in [0.1, 0.15) is 68.9 Å². The van der Waals surface area contributed by atoms with Crippen LogP contribution >= 0.6 is 0 Å². The minimum absolute atomic E-state index is 0.0125. The zero-order valence-corrected chi connectivity index (χ0v) is 14.5. The minimum Gasteiger partial charge on any atom is -0.354 e. The van der Waals surface area contributed by atoms with E-state index in [0.717, 1.165) is 30.5 Å². The van der Waals surface area contributed by atoms with Gasteiger partial charge in [0.15, 0.2) is 5.78 Å². The third-order valence-corrected chi connectivity index (χ3v) is 5.02. The fraction of sp³-hybridized carbons (Fsp3) is 0.400. The Bertz CT molecular complexity index is 789. The summed E-state index contributed by atoms with van der Waals surface area (Å²) < 4.78 is 0. The van der Waals surface area contributed by atoms with Gasteiger partial charge >= 0.3 is 0 Å². The summed E-state index contributed by atoms with van der Waals surface area (Å²) in [6, 6.07) is 8.49. The van der Waals surface area contributed by atoms with E-state index in [1.54, 1.807) is 0 Å². The Morgan fingerprint density at radius 1 is 1.25 bits per heavy atom. The van der Waals surface area contributed by atoms with Crippen molar-refractivity contribution in [1.29, 1.82) is 0 Å². The second-order valence-electron chi connectivity index (χ2n) is 6.68. The molecule has 0 unspecified atom stereocenters. The maximum absolute atomic E-state index is 12.6. The van der Waals surface area contributed by atoms with Gasteiger partial charge in [0.1, 0.15) is 5.69 Å². The Hall–Kier alpha value is -2.36. The monoisotopic (exact) mass is 324 g/mol. The Kier molecular flexibility index (Phi) is 4.56. The standard InChI is InChI=1S/C20H24N2O2/c1-12-18(14(3)23)13(2)22-19(12)20(24)21-11-16-9-6-8-15-7-4-5-10-17(15)16/h4-5,7,10,16,22H,6,8-9,11H2,1-3H3,(H,21,24)/t16-/m1/s1. The summed E-state index contributed by atoms with van der Waals surface area (Å²) in [5, 5.41) is 3.05. The maximum Gasteiger partial charge on any atom is 0.268 e. The van der Waals surface area contributed by atoms with Crippen molar-refractivity contribution in [2.24, 2.45) is 0 Å². The molecule has 1 aliphatic rings. The van der Waals surface area contributed by atoms with E-state index in [0.29, 0.717) is 23.7 Å². The third-order valence-electron chi connectivity index (χ3n) is 5.02. The van der Waals surface area contributed by atoms with E-state index < -0.39 is 0 Å². The molecule has 4 nitrogen and oxygen atoms in total. The van der Waals surface area contributed by atoms with Gasteiger partial charge in [0, 0.05) is 23.7 Å². The number of rotatable bonds is 4. The molecule has 24 heavy (non-hydrogen) atoms. The number of fused-ring (bicyclic) bond motifs is 1. The molecule has 1 aromatic heterocycles. The minimum atomic E-state index is -0.133. The van der Waals surface area contributed by atoms with E-state index >= 15 is 0 Å². The molecule has 0 saturated heterocycles. The number of hydrogen-bond acceptors (Lipinski definition) is 2. The van der Waals surface area contributed by atoms with Crippen molar-refractivity contribution >= 4 is 11.7 Å². The number of nitrogens with one attached hydrogen (secondary N) is 2. The van der Waals surface area contributed by atoms with Gasteiger partial charge in [-0.25, -0.2) is 0 Å². The third kappa shape index (κ3) is 3.01. The van der Waals surface area contributed by atoms with Crippen LogP contribution in [0.5, 0.6) is 0 Å². The fourth-order valence-corrected chi connectivity index (χ4v) is 3.88. The molecule has 126 valence electrons. The average Bonchev–Trinajstić information content (AvgIpc) is 2.87. The van der Waals surface area contributed by atoms with Crippen LogP contribution in [0, 0.1) is 13.8 Å². The van der Waals surface area contributed by atoms with Crippen LogP contribution in [0.15, 0.2) is 24.3 Å². The SMILES string of the molecule is CC(=O)c1c(C)[nH]c(C(=O)NC[C@H]2CCCc3ccccc32)c1C. The summed E-state index contributed by atoms with van der Waals surface area (Å²) >= 11 is 0. The molecular formula is C20H24N2O2. The number of amides is 1. The molecule has 1 atom stereocenters. The first kappa shape index (κ1) is 16.5. The number of benzene rings is 1. The lowest BCUT2D eigenvalue weighted by Gasteiger charge is -2.25. The van der Waals surface area contributed by atoms with E-state index in [1.807, 2.05) is 13.8 Å². The number of aromatic amines is 1. The molecule has 0 spiro atoms. The van der Waals surface area contributed by atoms with Gasteiger partial charge in [-0.3, -0.25) is 9.59 Å². The fourth-order valence-electron chi connectivity index (χ4n) is 3.88. The van der Waals surface area contributed by atoms with Crippen LogP contribution in [0.2, 0.25) is 0 Å². The number of Topliss-reactive ketones (excluding diaryl/α,β-unsaturated/α-hetero) is 1. The quantitative estimate of drug-likeness (QED) is 0.843. The zero-order chi connectivity index (χ0) is 17.3. The average molecular weight is 324 g/mol. The van der Waals surface area contributed by atoms with E-state index in [9.17, 15) is 9.59 Å². The summed E-state index contributed by atoms with van der Waals surface area (Å²) in [4.78, 5) is 27.3. The second-order valence-corrected chi connectivity index (χ2v) is 6.68. The van der Waals surface area contributed by atoms with Crippen molar-refractivity contribution in [3.8, 4) is 0 Å². The number of hydrogen-bond donors (Lipinski definition) is 2. The van der Waals surface area contributed by atoms with Crippen molar-refractivity contribution in [3.63, 3.8) is 0 Å². The van der Waals surface area contributed by atoms with Crippen molar-refractivity contribution in [2.75, 3.05) is 6.54 Å². The van der Waals surface area contributed by atoms with Gasteiger partial charge < -0.3 is 10.3 Å². The first-order valence-corrected chi connectivity index (χ1v) is 8.55. The summed E-state index contributed by atoms with van der Waals surface area (Å²) in [6.07, 6.45) is 3.38. The molecule has 0 saturated carbocycles. The zero-order valence-electron chi connectivity index (χ0n) is 14.5. The van der Waals surface area contributed by atoms with Crippen LogP contribution in [-0.4, -0.2) is 23.2 Å². The topological polar surface area (TPSA) is 62.0 Å². The number of aryl methyl sites for hydroxylation is 2. The molecular weight excluding hydrogens is 300 g/mol. The Labute approximate surface area is 142 Å². The van der Waals surface area contributed by atoms with Gasteiger partial charge in [0.25, 0.3) is 5.91 Å². The first-order valence-electron chi connectivity index (χ1n) is 8.55. The Balaban J connectivity index is 1.73. The largest absolute Gasteiger partial charge is 0.354 e. The van der Waals surface area contributed by atoms with E-state index in [1.165, 1.54) is 18.1 Å². The molecule has 1 amide bonds. The lowest BCUT2D eigenvalue weighted by atomic mass is 9.83. The molecule has 1 heterocycles. The molecule has 0 aliphatic heterocycles. The van der Waals surface area contributed by atoms with Crippen LogP contribution in [0.4, 0.5) is 0 Å². The van der Waals surface area contributed by atoms with Gasteiger partial charge in [0.2, 0.25) is 0 Å². The second kappa shape index (κ2) is 6.63. The number of carbonyl (C=O) groups excluding carboxylic acids is 2. The number of H-pyrrole nitrogens is 1. The molecule has 2 N–H and O–H groups in total. The highest BCUT2D eigenvalue weighted by Gasteiger charge is 2.23. The van der Waals surface area contributed by atoms with Crippen LogP contribution in [0.3, 0.4) is 0 Å². The van der Waals surface area contributed by atoms with Crippen molar-refractivity contribution in [2.45, 2.75) is 46.0 Å². The van der Waals surface area contributed by atoms with Crippen LogP contribution < -0.4 is 5.32 Å². The lowest BCUT2D eigenvalue weighted by molar-refractivity contribution is 0.0945. The van der Waals surface area contributed by atoms with Crippen molar-refractivity contribution < 1.29 is 9.59 Å². The Morgan fingerprint density at radius 3 is 2.71 bits per heavy atom. The van der Waals surface area contributed by atoms with Gasteiger partial charge in [-0.15, -0.1) is 0 Å². The predicted molar refractivity (Wildman–Crippen MR) is 94.7 cm³/mol. The van der Waals surface area contributed by atoms with Crippen molar-refractivity contribution in [1.82, 2.24) is 10.3 Å². The van der Waals surface area contributed by atoms with Crippen LogP contribution in [-0.2, 0) is 6.42 Å². The highest BCUT2D eigenvalue weighted by atomic mass is 16.2. The molecule has 3 rings (SSSR count). The molecule has 4 heteroatoms. The van der Waals surface area contributed by atoms with Gasteiger partial charge in [-0.1, -0.05) is 24.3 Å². The number of aromatic nitrogens is 1. The van der Waals surface area contributed by atoms with E-state index in [2.05, 4.69) is 34.6 Å². The lowest BCUT2D eigenvalue weighted by Crippen LogP contribution is -2.30. The molecule has 1 aliphatic carbocycles. The van der Waals surface area contributed by atoms with Gasteiger partial charge in [0.05, 0.1) is 0 Å². The molecule has 0 radical (unpaired) electrons. The van der Waals surface area contributed by atoms with Gasteiger partial charge in [-0.05, 0) is 56.7 Å². The van der Waals surface area contributed by atoms with Crippen molar-refractivity contribution in [3.05, 3.63) is 57.9 Å². The normalized spacial score (nSPS) is 16.5. The van der Waals surface area contributed by atoms with E-state index in [-0.39, 0.29) is 11.7 Å². The summed E-state index contributed by atoms with van der Waals surface area (Å²) in [7, 11) is 0. The molecule has 1 aromatic carbocycles. The number of carbonyl (C=O) groups is 2. The van der Waals surface area contributed by atoms with Gasteiger partial charge in [-0.2, -0.15) is 0 Å². The number of ketones is 1. The summed E-state index contributed by atoms with van der Waals surface area (Å²) in [6.45, 7) is 5.82. The molecule has 0 fully saturated rings. The molecule has 2 aromatic rings. The van der Waals surface area contributed by atoms with E-state index in [4.69, 9.17) is 0 Å². The highest BCUT2D eigenvalue weighted by molar-refractivity contribution is 6.02. The molecule has 0 bridgehead atoms. The summed E-state index contributed by atoms with van der Waals surface area (Å²) in [5.41, 5.74) is 5.38. The maximum atomic E-state index is 12.6. The smallest absolute Gasteiger partial charge is 0.268 e.